The molecule has 0 aliphatic carbocycles. The van der Waals surface area contributed by atoms with Gasteiger partial charge in [-0.2, -0.15) is 0 Å². The Hall–Kier alpha value is -0.280. The van der Waals surface area contributed by atoms with Crippen LogP contribution in [0.2, 0.25) is 0 Å². The molecule has 0 bridgehead atoms. The average Bonchev–Trinajstić information content (AvgIpc) is 2.44. The SMILES string of the molecule is CN(CCN(CCO)CCO)CC[N+](C)(CCO)CCO. The summed E-state index contributed by atoms with van der Waals surface area (Å²) in [6.07, 6.45) is 0. The number of aliphatic hydroxyl groups excluding tert-OH is 4. The highest BCUT2D eigenvalue weighted by atomic mass is 16.3. The van der Waals surface area contributed by atoms with Gasteiger partial charge in [0.1, 0.15) is 13.1 Å². The average molecular weight is 308 g/mol. The molecule has 0 aromatic heterocycles. The van der Waals surface area contributed by atoms with Gasteiger partial charge in [-0.3, -0.25) is 9.80 Å². The molecule has 0 radical (unpaired) electrons. The highest BCUT2D eigenvalue weighted by molar-refractivity contribution is 4.60. The minimum atomic E-state index is 0.103. The Kier molecular flexibility index (Phi) is 12.1. The Bertz CT molecular complexity index is 232. The van der Waals surface area contributed by atoms with Crippen LogP contribution in [-0.4, -0.2) is 128 Å². The van der Waals surface area contributed by atoms with Crippen LogP contribution in [0.25, 0.3) is 0 Å². The van der Waals surface area contributed by atoms with Crippen LogP contribution in [0.15, 0.2) is 0 Å². The third-order valence-electron chi connectivity index (χ3n) is 3.93. The number of likely N-dealkylation sites (N-methyl/N-ethyl adjacent to an activating group) is 2. The van der Waals surface area contributed by atoms with Crippen molar-refractivity contribution < 1.29 is 24.9 Å². The molecule has 7 nitrogen and oxygen atoms in total. The van der Waals surface area contributed by atoms with E-state index in [0.717, 1.165) is 26.2 Å². The summed E-state index contributed by atoms with van der Waals surface area (Å²) in [7, 11) is 4.09. The van der Waals surface area contributed by atoms with Crippen LogP contribution in [0.1, 0.15) is 0 Å². The minimum absolute atomic E-state index is 0.103. The quantitative estimate of drug-likeness (QED) is 0.269. The lowest BCUT2D eigenvalue weighted by molar-refractivity contribution is -0.909. The van der Waals surface area contributed by atoms with Crippen molar-refractivity contribution >= 4 is 0 Å². The maximum absolute atomic E-state index is 9.12. The second kappa shape index (κ2) is 12.3. The fourth-order valence-corrected chi connectivity index (χ4v) is 2.27. The normalized spacial score (nSPS) is 12.6. The van der Waals surface area contributed by atoms with E-state index in [-0.39, 0.29) is 26.4 Å². The van der Waals surface area contributed by atoms with Crippen LogP contribution >= 0.6 is 0 Å². The van der Waals surface area contributed by atoms with Crippen LogP contribution in [0.4, 0.5) is 0 Å². The van der Waals surface area contributed by atoms with E-state index in [0.29, 0.717) is 30.7 Å². The van der Waals surface area contributed by atoms with Crippen molar-refractivity contribution in [2.75, 3.05) is 92.9 Å². The zero-order valence-electron chi connectivity index (χ0n) is 13.6. The second-order valence-electron chi connectivity index (χ2n) is 5.83. The molecule has 0 saturated carbocycles. The first-order valence-electron chi connectivity index (χ1n) is 7.69. The number of hydrogen-bond donors (Lipinski definition) is 4. The molecule has 0 fully saturated rings. The molecule has 0 aliphatic heterocycles. The first-order valence-corrected chi connectivity index (χ1v) is 7.69. The predicted molar refractivity (Wildman–Crippen MR) is 83.1 cm³/mol. The molecular weight excluding hydrogens is 274 g/mol. The summed E-state index contributed by atoms with van der Waals surface area (Å²) in [5.74, 6) is 0. The Morgan fingerprint density at radius 1 is 0.667 bits per heavy atom. The number of rotatable bonds is 14. The highest BCUT2D eigenvalue weighted by Crippen LogP contribution is 2.02. The summed E-state index contributed by atoms with van der Waals surface area (Å²) < 4.78 is 0.661. The Morgan fingerprint density at radius 2 is 1.19 bits per heavy atom. The van der Waals surface area contributed by atoms with Gasteiger partial charge >= 0.3 is 0 Å². The van der Waals surface area contributed by atoms with E-state index >= 15 is 0 Å². The van der Waals surface area contributed by atoms with Crippen LogP contribution in [-0.2, 0) is 0 Å². The molecule has 0 saturated heterocycles. The lowest BCUT2D eigenvalue weighted by Crippen LogP contribution is -2.52. The molecule has 0 heterocycles. The molecule has 0 aromatic carbocycles. The largest absolute Gasteiger partial charge is 0.395 e. The van der Waals surface area contributed by atoms with Gasteiger partial charge in [0.25, 0.3) is 0 Å². The molecule has 21 heavy (non-hydrogen) atoms. The Balaban J connectivity index is 4.08. The van der Waals surface area contributed by atoms with Gasteiger partial charge in [0.2, 0.25) is 0 Å². The predicted octanol–water partition coefficient (Wildman–Crippen LogP) is -2.36. The lowest BCUT2D eigenvalue weighted by atomic mass is 10.3. The summed E-state index contributed by atoms with van der Waals surface area (Å²) in [5.41, 5.74) is 0. The van der Waals surface area contributed by atoms with Gasteiger partial charge in [0.15, 0.2) is 0 Å². The molecule has 0 unspecified atom stereocenters. The number of quaternary nitrogens is 1. The van der Waals surface area contributed by atoms with E-state index in [1.807, 2.05) is 19.0 Å². The smallest absolute Gasteiger partial charge is 0.102 e. The van der Waals surface area contributed by atoms with Crippen molar-refractivity contribution in [2.24, 2.45) is 0 Å². The molecule has 4 N–H and O–H groups in total. The standard InChI is InChI=1S/C14H34N3O4/c1-15(3-4-16(6-11-18)7-12-19)5-8-17(2,9-13-20)10-14-21/h18-21H,3-14H2,1-2H3/q+1. The van der Waals surface area contributed by atoms with Crippen LogP contribution in [0.3, 0.4) is 0 Å². The third-order valence-corrected chi connectivity index (χ3v) is 3.93. The van der Waals surface area contributed by atoms with Gasteiger partial charge in [-0.1, -0.05) is 0 Å². The molecular formula is C14H34N3O4+. The topological polar surface area (TPSA) is 87.4 Å². The van der Waals surface area contributed by atoms with E-state index < -0.39 is 0 Å². The molecule has 0 aromatic rings. The summed E-state index contributed by atoms with van der Waals surface area (Å²) >= 11 is 0. The van der Waals surface area contributed by atoms with Gasteiger partial charge < -0.3 is 24.9 Å². The second-order valence-corrected chi connectivity index (χ2v) is 5.83. The lowest BCUT2D eigenvalue weighted by Gasteiger charge is -2.35. The molecule has 0 atom stereocenters. The monoisotopic (exact) mass is 308 g/mol. The fraction of sp³-hybridized carbons (Fsp3) is 1.00. The molecule has 0 rings (SSSR count). The summed E-state index contributed by atoms with van der Waals surface area (Å²) in [5, 5.41) is 36.2. The van der Waals surface area contributed by atoms with E-state index in [4.69, 9.17) is 20.4 Å². The maximum Gasteiger partial charge on any atom is 0.102 e. The molecule has 7 heteroatoms. The minimum Gasteiger partial charge on any atom is -0.395 e. The molecule has 0 spiro atoms. The number of hydrogen-bond acceptors (Lipinski definition) is 6. The van der Waals surface area contributed by atoms with Crippen LogP contribution < -0.4 is 0 Å². The maximum atomic E-state index is 9.12. The van der Waals surface area contributed by atoms with E-state index in [9.17, 15) is 0 Å². The Labute approximate surface area is 128 Å². The van der Waals surface area contributed by atoms with E-state index in [2.05, 4.69) is 4.90 Å². The fourth-order valence-electron chi connectivity index (χ4n) is 2.27. The van der Waals surface area contributed by atoms with Crippen molar-refractivity contribution in [3.63, 3.8) is 0 Å². The first-order chi connectivity index (χ1) is 10.0. The number of nitrogens with zero attached hydrogens (tertiary/aromatic N) is 3. The zero-order valence-corrected chi connectivity index (χ0v) is 13.6. The molecule has 0 amide bonds. The van der Waals surface area contributed by atoms with Crippen molar-refractivity contribution in [3.05, 3.63) is 0 Å². The van der Waals surface area contributed by atoms with Crippen molar-refractivity contribution in [2.45, 2.75) is 0 Å². The van der Waals surface area contributed by atoms with Crippen LogP contribution in [0, 0.1) is 0 Å². The van der Waals surface area contributed by atoms with Crippen LogP contribution in [0.5, 0.6) is 0 Å². The molecule has 128 valence electrons. The highest BCUT2D eigenvalue weighted by Gasteiger charge is 2.20. The van der Waals surface area contributed by atoms with Crippen molar-refractivity contribution in [1.82, 2.24) is 9.80 Å². The summed E-state index contributed by atoms with van der Waals surface area (Å²) in [4.78, 5) is 4.24. The van der Waals surface area contributed by atoms with Crippen molar-refractivity contribution in [3.8, 4) is 0 Å². The third kappa shape index (κ3) is 10.1. The van der Waals surface area contributed by atoms with Gasteiger partial charge in [-0.25, -0.2) is 0 Å². The zero-order chi connectivity index (χ0) is 16.1. The number of aliphatic hydroxyl groups is 4. The van der Waals surface area contributed by atoms with Gasteiger partial charge in [-0.05, 0) is 7.05 Å². The summed E-state index contributed by atoms with van der Waals surface area (Å²) in [6, 6.07) is 0. The van der Waals surface area contributed by atoms with E-state index in [1.54, 1.807) is 0 Å². The van der Waals surface area contributed by atoms with Gasteiger partial charge in [0, 0.05) is 32.7 Å². The summed E-state index contributed by atoms with van der Waals surface area (Å²) in [6.45, 7) is 6.33. The van der Waals surface area contributed by atoms with Gasteiger partial charge in [-0.15, -0.1) is 0 Å². The Morgan fingerprint density at radius 3 is 1.62 bits per heavy atom. The van der Waals surface area contributed by atoms with Gasteiger partial charge in [0.05, 0.1) is 40.0 Å². The molecule has 0 aliphatic rings. The first kappa shape index (κ1) is 20.7. The van der Waals surface area contributed by atoms with Crippen molar-refractivity contribution in [1.29, 1.82) is 0 Å². The van der Waals surface area contributed by atoms with E-state index in [1.165, 1.54) is 0 Å².